The van der Waals surface area contributed by atoms with Crippen molar-refractivity contribution in [3.63, 3.8) is 0 Å². The lowest BCUT2D eigenvalue weighted by molar-refractivity contribution is -0.125. The molecule has 174 valence electrons. The molecule has 2 aliphatic heterocycles. The molecule has 2 fully saturated rings. The van der Waals surface area contributed by atoms with Gasteiger partial charge in [-0.3, -0.25) is 4.79 Å². The molecule has 6 heteroatoms. The van der Waals surface area contributed by atoms with E-state index in [0.717, 1.165) is 62.5 Å². The number of nitrogens with one attached hydrogen (secondary N) is 1. The van der Waals surface area contributed by atoms with Gasteiger partial charge in [0.2, 0.25) is 11.9 Å². The number of anilines is 1. The van der Waals surface area contributed by atoms with Crippen LogP contribution in [0.1, 0.15) is 36.8 Å². The summed E-state index contributed by atoms with van der Waals surface area (Å²) in [6.45, 7) is 8.80. The molecule has 0 saturated carbocycles. The van der Waals surface area contributed by atoms with Crippen LogP contribution in [0.2, 0.25) is 0 Å². The Morgan fingerprint density at radius 3 is 2.52 bits per heavy atom. The number of carbonyl (C=O) groups excluding carboxylic acids is 1. The van der Waals surface area contributed by atoms with Gasteiger partial charge in [-0.15, -0.1) is 0 Å². The van der Waals surface area contributed by atoms with Crippen LogP contribution in [0, 0.1) is 12.8 Å². The lowest BCUT2D eigenvalue weighted by atomic mass is 9.96. The van der Waals surface area contributed by atoms with Crippen LogP contribution in [-0.4, -0.2) is 59.6 Å². The topological polar surface area (TPSA) is 53.4 Å². The molecule has 0 bridgehead atoms. The van der Waals surface area contributed by atoms with Gasteiger partial charge in [0.15, 0.2) is 0 Å². The molecule has 2 aromatic carbocycles. The molecular formula is C27H35N5O. The minimum Gasteiger partial charge on any atom is -0.355 e. The van der Waals surface area contributed by atoms with Gasteiger partial charge >= 0.3 is 0 Å². The summed E-state index contributed by atoms with van der Waals surface area (Å²) in [5.74, 6) is 1.35. The SMILES string of the molecule is Cc1ccccc1Cn1c(N2CCC(C(=O)NCCN3CCCC3)CC2)nc2ccccc21. The average molecular weight is 446 g/mol. The second-order valence-corrected chi connectivity index (χ2v) is 9.51. The molecule has 0 aliphatic carbocycles. The molecule has 0 spiro atoms. The molecule has 33 heavy (non-hydrogen) atoms. The maximum atomic E-state index is 12.7. The van der Waals surface area contributed by atoms with Crippen molar-refractivity contribution in [3.05, 3.63) is 59.7 Å². The van der Waals surface area contributed by atoms with Crippen LogP contribution >= 0.6 is 0 Å². The van der Waals surface area contributed by atoms with Crippen LogP contribution in [0.4, 0.5) is 5.95 Å². The van der Waals surface area contributed by atoms with Gasteiger partial charge in [0.1, 0.15) is 0 Å². The quantitative estimate of drug-likeness (QED) is 0.601. The monoisotopic (exact) mass is 445 g/mol. The van der Waals surface area contributed by atoms with Crippen LogP contribution in [0.25, 0.3) is 11.0 Å². The summed E-state index contributed by atoms with van der Waals surface area (Å²) in [4.78, 5) is 22.6. The number of rotatable bonds is 7. The Kier molecular flexibility index (Phi) is 6.63. The summed E-state index contributed by atoms with van der Waals surface area (Å²) < 4.78 is 2.34. The predicted molar refractivity (Wildman–Crippen MR) is 134 cm³/mol. The summed E-state index contributed by atoms with van der Waals surface area (Å²) in [6.07, 6.45) is 4.34. The Balaban J connectivity index is 1.25. The van der Waals surface area contributed by atoms with E-state index in [1.165, 1.54) is 37.1 Å². The van der Waals surface area contributed by atoms with E-state index >= 15 is 0 Å². The van der Waals surface area contributed by atoms with Gasteiger partial charge in [-0.25, -0.2) is 4.98 Å². The lowest BCUT2D eigenvalue weighted by Crippen LogP contribution is -2.43. The summed E-state index contributed by atoms with van der Waals surface area (Å²) in [5.41, 5.74) is 4.81. The van der Waals surface area contributed by atoms with E-state index in [0.29, 0.717) is 0 Å². The average Bonchev–Trinajstić information content (AvgIpc) is 3.49. The number of likely N-dealkylation sites (tertiary alicyclic amines) is 1. The largest absolute Gasteiger partial charge is 0.355 e. The zero-order valence-electron chi connectivity index (χ0n) is 19.7. The Bertz CT molecular complexity index is 1090. The van der Waals surface area contributed by atoms with Crippen molar-refractivity contribution in [2.45, 2.75) is 39.2 Å². The fourth-order valence-corrected chi connectivity index (χ4v) is 5.25. The first-order valence-electron chi connectivity index (χ1n) is 12.4. The molecule has 3 aromatic rings. The molecule has 0 atom stereocenters. The first-order valence-corrected chi connectivity index (χ1v) is 12.4. The fraction of sp³-hybridized carbons (Fsp3) is 0.481. The van der Waals surface area contributed by atoms with E-state index in [2.05, 4.69) is 75.1 Å². The fourth-order valence-electron chi connectivity index (χ4n) is 5.25. The van der Waals surface area contributed by atoms with E-state index in [-0.39, 0.29) is 11.8 Å². The van der Waals surface area contributed by atoms with E-state index < -0.39 is 0 Å². The normalized spacial score (nSPS) is 17.7. The third-order valence-corrected chi connectivity index (χ3v) is 7.30. The first-order chi connectivity index (χ1) is 16.2. The Hall–Kier alpha value is -2.86. The highest BCUT2D eigenvalue weighted by Gasteiger charge is 2.28. The lowest BCUT2D eigenvalue weighted by Gasteiger charge is -2.32. The molecule has 3 heterocycles. The summed E-state index contributed by atoms with van der Waals surface area (Å²) >= 11 is 0. The second kappa shape index (κ2) is 9.96. The number of fused-ring (bicyclic) bond motifs is 1. The number of aryl methyl sites for hydroxylation is 1. The second-order valence-electron chi connectivity index (χ2n) is 9.51. The minimum atomic E-state index is 0.106. The molecule has 0 radical (unpaired) electrons. The van der Waals surface area contributed by atoms with Crippen molar-refractivity contribution >= 4 is 22.9 Å². The maximum absolute atomic E-state index is 12.7. The zero-order chi connectivity index (χ0) is 22.6. The summed E-state index contributed by atoms with van der Waals surface area (Å²) in [7, 11) is 0. The van der Waals surface area contributed by atoms with Gasteiger partial charge in [-0.2, -0.15) is 0 Å². The Labute approximate surface area is 196 Å². The highest BCUT2D eigenvalue weighted by atomic mass is 16.1. The van der Waals surface area contributed by atoms with E-state index in [9.17, 15) is 4.79 Å². The van der Waals surface area contributed by atoms with Gasteiger partial charge in [0, 0.05) is 32.1 Å². The van der Waals surface area contributed by atoms with Crippen molar-refractivity contribution in [2.75, 3.05) is 44.2 Å². The van der Waals surface area contributed by atoms with Crippen molar-refractivity contribution < 1.29 is 4.79 Å². The van der Waals surface area contributed by atoms with Gasteiger partial charge in [-0.05, 0) is 69.0 Å². The Morgan fingerprint density at radius 2 is 1.73 bits per heavy atom. The molecule has 2 saturated heterocycles. The maximum Gasteiger partial charge on any atom is 0.223 e. The van der Waals surface area contributed by atoms with Crippen LogP contribution < -0.4 is 10.2 Å². The Morgan fingerprint density at radius 1 is 1.00 bits per heavy atom. The minimum absolute atomic E-state index is 0.106. The zero-order valence-corrected chi connectivity index (χ0v) is 19.7. The summed E-state index contributed by atoms with van der Waals surface area (Å²) in [6, 6.07) is 16.9. The number of para-hydroxylation sites is 2. The number of piperidine rings is 1. The van der Waals surface area contributed by atoms with E-state index in [1.807, 2.05) is 0 Å². The number of hydrogen-bond acceptors (Lipinski definition) is 4. The first kappa shape index (κ1) is 22.0. The highest BCUT2D eigenvalue weighted by molar-refractivity contribution is 5.80. The van der Waals surface area contributed by atoms with Gasteiger partial charge in [-0.1, -0.05) is 36.4 Å². The number of hydrogen-bond donors (Lipinski definition) is 1. The van der Waals surface area contributed by atoms with Crippen LogP contribution in [0.3, 0.4) is 0 Å². The van der Waals surface area contributed by atoms with Crippen molar-refractivity contribution in [3.8, 4) is 0 Å². The molecule has 5 rings (SSSR count). The molecule has 0 unspecified atom stereocenters. The number of benzene rings is 2. The van der Waals surface area contributed by atoms with Crippen LogP contribution in [0.5, 0.6) is 0 Å². The van der Waals surface area contributed by atoms with Crippen molar-refractivity contribution in [1.29, 1.82) is 0 Å². The smallest absolute Gasteiger partial charge is 0.223 e. The van der Waals surface area contributed by atoms with Crippen molar-refractivity contribution in [2.24, 2.45) is 5.92 Å². The van der Waals surface area contributed by atoms with E-state index in [4.69, 9.17) is 4.98 Å². The molecular weight excluding hydrogens is 410 g/mol. The van der Waals surface area contributed by atoms with Crippen LogP contribution in [0.15, 0.2) is 48.5 Å². The molecule has 6 nitrogen and oxygen atoms in total. The molecule has 1 amide bonds. The highest BCUT2D eigenvalue weighted by Crippen LogP contribution is 2.28. The number of amides is 1. The number of nitrogens with zero attached hydrogens (tertiary/aromatic N) is 4. The van der Waals surface area contributed by atoms with Gasteiger partial charge in [0.25, 0.3) is 0 Å². The number of aromatic nitrogens is 2. The van der Waals surface area contributed by atoms with Gasteiger partial charge < -0.3 is 19.7 Å². The van der Waals surface area contributed by atoms with Crippen LogP contribution in [-0.2, 0) is 11.3 Å². The third-order valence-electron chi connectivity index (χ3n) is 7.30. The van der Waals surface area contributed by atoms with Crippen molar-refractivity contribution in [1.82, 2.24) is 19.8 Å². The molecule has 1 N–H and O–H groups in total. The summed E-state index contributed by atoms with van der Waals surface area (Å²) in [5, 5.41) is 3.19. The molecule has 1 aromatic heterocycles. The predicted octanol–water partition coefficient (Wildman–Crippen LogP) is 3.82. The van der Waals surface area contributed by atoms with Gasteiger partial charge in [0.05, 0.1) is 17.6 Å². The van der Waals surface area contributed by atoms with E-state index in [1.54, 1.807) is 0 Å². The number of imidazole rings is 1. The third kappa shape index (κ3) is 4.91. The molecule has 2 aliphatic rings. The standard InChI is InChI=1S/C27H35N5O/c1-21-8-2-3-9-23(21)20-32-25-11-5-4-10-24(25)29-27(32)31-17-12-22(13-18-31)26(33)28-14-19-30-15-6-7-16-30/h2-5,8-11,22H,6-7,12-20H2,1H3,(H,28,33). The number of carbonyl (C=O) groups is 1.